The third-order valence-electron chi connectivity index (χ3n) is 1.95. The minimum absolute atomic E-state index is 0.254. The molecule has 1 atom stereocenters. The highest BCUT2D eigenvalue weighted by atomic mass is 32.1. The molecule has 0 bridgehead atoms. The summed E-state index contributed by atoms with van der Waals surface area (Å²) in [5, 5.41) is 0.417. The Kier molecular flexibility index (Phi) is 2.46. The second-order valence-corrected chi connectivity index (χ2v) is 3.66. The maximum atomic E-state index is 11.6. The number of aromatic nitrogens is 2. The van der Waals surface area contributed by atoms with Gasteiger partial charge >= 0.3 is 0 Å². The Labute approximate surface area is 89.3 Å². The largest absolute Gasteiger partial charge is 0.439 e. The maximum absolute atomic E-state index is 11.6. The van der Waals surface area contributed by atoms with Crippen LogP contribution in [0.4, 0.5) is 5.13 Å². The van der Waals surface area contributed by atoms with Gasteiger partial charge in [-0.1, -0.05) is 0 Å². The lowest BCUT2D eigenvalue weighted by molar-refractivity contribution is -0.132. The van der Waals surface area contributed by atoms with E-state index in [4.69, 9.17) is 4.74 Å². The molecule has 1 aromatic heterocycles. The van der Waals surface area contributed by atoms with Gasteiger partial charge in [0, 0.05) is 17.6 Å². The SMILES string of the molecule is CC1=CC(=O)N(c2ncns2)C1OC=O. The van der Waals surface area contributed by atoms with E-state index in [0.29, 0.717) is 17.2 Å². The molecule has 1 unspecified atom stereocenters. The number of anilines is 1. The zero-order valence-electron chi connectivity index (χ0n) is 7.78. The van der Waals surface area contributed by atoms with E-state index in [1.807, 2.05) is 0 Å². The fraction of sp³-hybridized carbons (Fsp3) is 0.250. The lowest BCUT2D eigenvalue weighted by Gasteiger charge is -2.21. The summed E-state index contributed by atoms with van der Waals surface area (Å²) in [4.78, 5) is 27.1. The first-order valence-electron chi connectivity index (χ1n) is 4.11. The molecule has 78 valence electrons. The number of rotatable bonds is 3. The minimum Gasteiger partial charge on any atom is -0.439 e. The van der Waals surface area contributed by atoms with E-state index in [1.165, 1.54) is 17.3 Å². The minimum atomic E-state index is -0.692. The topological polar surface area (TPSA) is 72.4 Å². The van der Waals surface area contributed by atoms with Crippen LogP contribution in [-0.4, -0.2) is 28.0 Å². The molecule has 15 heavy (non-hydrogen) atoms. The Morgan fingerprint density at radius 2 is 2.47 bits per heavy atom. The van der Waals surface area contributed by atoms with Gasteiger partial charge in [-0.05, 0) is 12.5 Å². The van der Waals surface area contributed by atoms with Gasteiger partial charge in [0.15, 0.2) is 0 Å². The molecule has 0 saturated carbocycles. The van der Waals surface area contributed by atoms with Crippen LogP contribution in [0.25, 0.3) is 0 Å². The van der Waals surface area contributed by atoms with Crippen molar-refractivity contribution in [2.24, 2.45) is 0 Å². The van der Waals surface area contributed by atoms with Gasteiger partial charge in [0.1, 0.15) is 6.33 Å². The molecule has 0 aliphatic carbocycles. The van der Waals surface area contributed by atoms with Crippen LogP contribution in [0.3, 0.4) is 0 Å². The molecule has 0 aromatic carbocycles. The quantitative estimate of drug-likeness (QED) is 0.693. The van der Waals surface area contributed by atoms with E-state index in [9.17, 15) is 9.59 Å². The van der Waals surface area contributed by atoms with Gasteiger partial charge in [0.2, 0.25) is 11.4 Å². The average Bonchev–Trinajstić information content (AvgIpc) is 2.77. The van der Waals surface area contributed by atoms with Crippen molar-refractivity contribution in [1.29, 1.82) is 0 Å². The van der Waals surface area contributed by atoms with Crippen LogP contribution in [-0.2, 0) is 14.3 Å². The first-order chi connectivity index (χ1) is 7.24. The summed E-state index contributed by atoms with van der Waals surface area (Å²) >= 11 is 1.07. The van der Waals surface area contributed by atoms with Crippen molar-refractivity contribution in [2.45, 2.75) is 13.2 Å². The highest BCUT2D eigenvalue weighted by Gasteiger charge is 2.34. The summed E-state index contributed by atoms with van der Waals surface area (Å²) in [5.74, 6) is -0.254. The van der Waals surface area contributed by atoms with E-state index in [-0.39, 0.29) is 5.91 Å². The first-order valence-corrected chi connectivity index (χ1v) is 4.88. The van der Waals surface area contributed by atoms with Crippen molar-refractivity contribution < 1.29 is 14.3 Å². The normalized spacial score (nSPS) is 20.3. The monoisotopic (exact) mass is 225 g/mol. The van der Waals surface area contributed by atoms with E-state index in [2.05, 4.69) is 9.36 Å². The van der Waals surface area contributed by atoms with Gasteiger partial charge in [-0.2, -0.15) is 4.37 Å². The zero-order valence-corrected chi connectivity index (χ0v) is 8.60. The zero-order chi connectivity index (χ0) is 10.8. The van der Waals surface area contributed by atoms with E-state index >= 15 is 0 Å². The van der Waals surface area contributed by atoms with Gasteiger partial charge < -0.3 is 4.74 Å². The Bertz CT molecular complexity index is 415. The van der Waals surface area contributed by atoms with E-state index < -0.39 is 6.23 Å². The Morgan fingerprint density at radius 3 is 3.07 bits per heavy atom. The number of nitrogens with zero attached hydrogens (tertiary/aromatic N) is 3. The summed E-state index contributed by atoms with van der Waals surface area (Å²) in [6.07, 6.45) is 2.07. The third kappa shape index (κ3) is 1.61. The molecule has 1 aliphatic heterocycles. The molecule has 6 nitrogen and oxygen atoms in total. The van der Waals surface area contributed by atoms with Crippen LogP contribution in [0, 0.1) is 0 Å². The number of carbonyl (C=O) groups excluding carboxylic acids is 2. The van der Waals surface area contributed by atoms with Crippen molar-refractivity contribution in [3.8, 4) is 0 Å². The molecule has 1 aromatic rings. The molecule has 0 radical (unpaired) electrons. The fourth-order valence-electron chi connectivity index (χ4n) is 1.34. The predicted molar refractivity (Wildman–Crippen MR) is 52.1 cm³/mol. The van der Waals surface area contributed by atoms with Gasteiger partial charge in [-0.15, -0.1) is 0 Å². The lowest BCUT2D eigenvalue weighted by Crippen LogP contribution is -2.36. The molecule has 1 aliphatic rings. The summed E-state index contributed by atoms with van der Waals surface area (Å²) in [6.45, 7) is 2.03. The Morgan fingerprint density at radius 1 is 1.67 bits per heavy atom. The molecule has 2 heterocycles. The van der Waals surface area contributed by atoms with Crippen molar-refractivity contribution >= 4 is 29.0 Å². The third-order valence-corrected chi connectivity index (χ3v) is 2.62. The van der Waals surface area contributed by atoms with Crippen molar-refractivity contribution in [2.75, 3.05) is 4.90 Å². The average molecular weight is 225 g/mol. The van der Waals surface area contributed by atoms with Gasteiger partial charge in [0.05, 0.1) is 0 Å². The first kappa shape index (κ1) is 9.78. The molecule has 1 amide bonds. The molecule has 0 spiro atoms. The van der Waals surface area contributed by atoms with Crippen LogP contribution >= 0.6 is 11.5 Å². The summed E-state index contributed by atoms with van der Waals surface area (Å²) in [7, 11) is 0. The van der Waals surface area contributed by atoms with E-state index in [1.54, 1.807) is 6.92 Å². The second-order valence-electron chi connectivity index (χ2n) is 2.91. The number of ether oxygens (including phenoxy) is 1. The van der Waals surface area contributed by atoms with Gasteiger partial charge in [0.25, 0.3) is 12.4 Å². The molecule has 0 saturated heterocycles. The standard InChI is InChI=1S/C8H7N3O3S/c1-5-2-6(13)11(7(5)14-4-12)8-9-3-10-15-8/h2-4,7H,1H3. The predicted octanol–water partition coefficient (Wildman–Crippen LogP) is 0.330. The molecule has 2 rings (SSSR count). The van der Waals surface area contributed by atoms with Gasteiger partial charge in [-0.3, -0.25) is 9.59 Å². The highest BCUT2D eigenvalue weighted by molar-refractivity contribution is 7.09. The van der Waals surface area contributed by atoms with Crippen LogP contribution in [0.5, 0.6) is 0 Å². The maximum Gasteiger partial charge on any atom is 0.295 e. The lowest BCUT2D eigenvalue weighted by atomic mass is 10.3. The number of carbonyl (C=O) groups is 2. The van der Waals surface area contributed by atoms with Gasteiger partial charge in [-0.25, -0.2) is 9.88 Å². The summed E-state index contributed by atoms with van der Waals surface area (Å²) in [6, 6.07) is 0. The number of hydrogen-bond donors (Lipinski definition) is 0. The molecule has 7 heteroatoms. The van der Waals surface area contributed by atoms with Crippen LogP contribution in [0.2, 0.25) is 0 Å². The van der Waals surface area contributed by atoms with Crippen LogP contribution < -0.4 is 4.90 Å². The van der Waals surface area contributed by atoms with Crippen molar-refractivity contribution in [3.63, 3.8) is 0 Å². The summed E-state index contributed by atoms with van der Waals surface area (Å²) in [5.41, 5.74) is 0.669. The molecule has 0 fully saturated rings. The van der Waals surface area contributed by atoms with E-state index in [0.717, 1.165) is 11.5 Å². The van der Waals surface area contributed by atoms with Crippen LogP contribution in [0.15, 0.2) is 18.0 Å². The van der Waals surface area contributed by atoms with Crippen LogP contribution in [0.1, 0.15) is 6.92 Å². The fourth-order valence-corrected chi connectivity index (χ4v) is 1.90. The number of hydrogen-bond acceptors (Lipinski definition) is 6. The summed E-state index contributed by atoms with van der Waals surface area (Å²) < 4.78 is 8.61. The molecular weight excluding hydrogens is 218 g/mol. The van der Waals surface area contributed by atoms with Crippen molar-refractivity contribution in [1.82, 2.24) is 9.36 Å². The smallest absolute Gasteiger partial charge is 0.295 e. The Balaban J connectivity index is 2.31. The molecular formula is C8H7N3O3S. The highest BCUT2D eigenvalue weighted by Crippen LogP contribution is 2.27. The van der Waals surface area contributed by atoms with Crippen molar-refractivity contribution in [3.05, 3.63) is 18.0 Å². The molecule has 0 N–H and O–H groups in total. The second kappa shape index (κ2) is 3.77. The number of amides is 1. The Hall–Kier alpha value is -1.76.